The van der Waals surface area contributed by atoms with Crippen LogP contribution in [0.2, 0.25) is 0 Å². The molecule has 3 aromatic rings. The van der Waals surface area contributed by atoms with Gasteiger partial charge in [0.1, 0.15) is 29.4 Å². The van der Waals surface area contributed by atoms with Gasteiger partial charge in [0, 0.05) is 0 Å². The second-order valence-electron chi connectivity index (χ2n) is 9.47. The van der Waals surface area contributed by atoms with Crippen LogP contribution in [-0.4, -0.2) is 26.3 Å². The Morgan fingerprint density at radius 1 is 0.579 bits per heavy atom. The van der Waals surface area contributed by atoms with E-state index in [2.05, 4.69) is 0 Å². The molecular formula is C33H42O5. The fraction of sp³-hybridized carbons (Fsp3) is 0.424. The van der Waals surface area contributed by atoms with Gasteiger partial charge in [-0.15, -0.1) is 0 Å². The molecule has 204 valence electrons. The van der Waals surface area contributed by atoms with Crippen molar-refractivity contribution in [3.8, 4) is 17.2 Å². The van der Waals surface area contributed by atoms with Crippen molar-refractivity contribution in [3.05, 3.63) is 90.0 Å². The summed E-state index contributed by atoms with van der Waals surface area (Å²) in [5.74, 6) is 1.69. The molecule has 0 unspecified atom stereocenters. The lowest BCUT2D eigenvalue weighted by molar-refractivity contribution is 0.0595. The second kappa shape index (κ2) is 17.9. The standard InChI is InChI=1S/C33H42O5/c1-35-33(34)31-26-30(22-23-32(31)38-27-28-18-12-10-13-19-28)37-25-17-9-7-5-3-2-4-6-8-16-24-36-29-20-14-11-15-21-29/h10-15,18-23,26H,2-9,16-17,24-25,27H2,1H3. The van der Waals surface area contributed by atoms with Gasteiger partial charge in [-0.2, -0.15) is 0 Å². The van der Waals surface area contributed by atoms with Gasteiger partial charge >= 0.3 is 5.97 Å². The summed E-state index contributed by atoms with van der Waals surface area (Å²) in [5, 5.41) is 0. The number of carbonyl (C=O) groups excluding carboxylic acids is 1. The van der Waals surface area contributed by atoms with Crippen LogP contribution in [0.25, 0.3) is 0 Å². The molecule has 0 aliphatic rings. The summed E-state index contributed by atoms with van der Waals surface area (Å²) in [6.07, 6.45) is 12.2. The van der Waals surface area contributed by atoms with Gasteiger partial charge in [-0.3, -0.25) is 0 Å². The van der Waals surface area contributed by atoms with Crippen molar-refractivity contribution in [1.82, 2.24) is 0 Å². The third kappa shape index (κ3) is 11.3. The third-order valence-electron chi connectivity index (χ3n) is 6.41. The summed E-state index contributed by atoms with van der Waals surface area (Å²) in [6.45, 7) is 1.83. The van der Waals surface area contributed by atoms with Gasteiger partial charge in [0.15, 0.2) is 0 Å². The number of para-hydroxylation sites is 1. The summed E-state index contributed by atoms with van der Waals surface area (Å²) in [4.78, 5) is 12.3. The van der Waals surface area contributed by atoms with E-state index in [9.17, 15) is 4.79 Å². The van der Waals surface area contributed by atoms with Crippen molar-refractivity contribution in [2.45, 2.75) is 70.8 Å². The highest BCUT2D eigenvalue weighted by molar-refractivity contribution is 5.93. The summed E-state index contributed by atoms with van der Waals surface area (Å²) in [7, 11) is 1.37. The van der Waals surface area contributed by atoms with Crippen molar-refractivity contribution in [2.24, 2.45) is 0 Å². The fourth-order valence-corrected chi connectivity index (χ4v) is 4.24. The average Bonchev–Trinajstić information content (AvgIpc) is 2.97. The minimum absolute atomic E-state index is 0.379. The lowest BCUT2D eigenvalue weighted by atomic mass is 10.1. The van der Waals surface area contributed by atoms with Gasteiger partial charge in [-0.25, -0.2) is 4.79 Å². The zero-order valence-corrected chi connectivity index (χ0v) is 22.7. The maximum Gasteiger partial charge on any atom is 0.341 e. The Morgan fingerprint density at radius 2 is 1.11 bits per heavy atom. The molecule has 0 heterocycles. The smallest absolute Gasteiger partial charge is 0.341 e. The maximum absolute atomic E-state index is 12.3. The summed E-state index contributed by atoms with van der Waals surface area (Å²) >= 11 is 0. The Labute approximate surface area is 228 Å². The van der Waals surface area contributed by atoms with Crippen molar-refractivity contribution < 1.29 is 23.7 Å². The van der Waals surface area contributed by atoms with E-state index in [1.165, 1.54) is 52.1 Å². The SMILES string of the molecule is COC(=O)c1cc(OCCCCCCCCCCCCOc2ccccc2)ccc1OCc1ccccc1. The number of benzene rings is 3. The lowest BCUT2D eigenvalue weighted by Crippen LogP contribution is -2.07. The van der Waals surface area contributed by atoms with E-state index in [0.717, 1.165) is 37.2 Å². The fourth-order valence-electron chi connectivity index (χ4n) is 4.24. The van der Waals surface area contributed by atoms with Gasteiger partial charge in [-0.05, 0) is 48.7 Å². The molecule has 0 radical (unpaired) electrons. The number of methoxy groups -OCH3 is 1. The highest BCUT2D eigenvalue weighted by Gasteiger charge is 2.15. The first-order valence-electron chi connectivity index (χ1n) is 14.0. The van der Waals surface area contributed by atoms with Crippen LogP contribution in [0.15, 0.2) is 78.9 Å². The van der Waals surface area contributed by atoms with Gasteiger partial charge in [0.05, 0.1) is 20.3 Å². The molecule has 3 aromatic carbocycles. The molecule has 5 nitrogen and oxygen atoms in total. The van der Waals surface area contributed by atoms with Gasteiger partial charge in [-0.1, -0.05) is 99.9 Å². The number of ether oxygens (including phenoxy) is 4. The zero-order chi connectivity index (χ0) is 26.7. The number of rotatable bonds is 19. The lowest BCUT2D eigenvalue weighted by Gasteiger charge is -2.13. The first-order valence-corrected chi connectivity index (χ1v) is 14.0. The predicted molar refractivity (Wildman–Crippen MR) is 152 cm³/mol. The zero-order valence-electron chi connectivity index (χ0n) is 22.7. The van der Waals surface area contributed by atoms with E-state index in [1.807, 2.05) is 66.7 Å². The van der Waals surface area contributed by atoms with Crippen molar-refractivity contribution in [1.29, 1.82) is 0 Å². The quantitative estimate of drug-likeness (QED) is 0.118. The minimum atomic E-state index is -0.431. The highest BCUT2D eigenvalue weighted by Crippen LogP contribution is 2.26. The summed E-state index contributed by atoms with van der Waals surface area (Å²) < 4.78 is 22.5. The van der Waals surface area contributed by atoms with E-state index in [-0.39, 0.29) is 0 Å². The van der Waals surface area contributed by atoms with Gasteiger partial charge in [0.25, 0.3) is 0 Å². The Balaban J connectivity index is 1.21. The molecule has 38 heavy (non-hydrogen) atoms. The Morgan fingerprint density at radius 3 is 1.68 bits per heavy atom. The van der Waals surface area contributed by atoms with E-state index in [0.29, 0.717) is 30.3 Å². The van der Waals surface area contributed by atoms with Gasteiger partial charge in [0.2, 0.25) is 0 Å². The van der Waals surface area contributed by atoms with Crippen LogP contribution in [-0.2, 0) is 11.3 Å². The normalized spacial score (nSPS) is 10.7. The van der Waals surface area contributed by atoms with Gasteiger partial charge < -0.3 is 18.9 Å². The molecule has 5 heteroatoms. The number of hydrogen-bond donors (Lipinski definition) is 0. The van der Waals surface area contributed by atoms with E-state index < -0.39 is 5.97 Å². The molecule has 0 bridgehead atoms. The van der Waals surface area contributed by atoms with Crippen molar-refractivity contribution in [2.75, 3.05) is 20.3 Å². The van der Waals surface area contributed by atoms with Crippen molar-refractivity contribution in [3.63, 3.8) is 0 Å². The molecule has 3 rings (SSSR count). The molecule has 0 saturated heterocycles. The van der Waals surface area contributed by atoms with Crippen molar-refractivity contribution >= 4 is 5.97 Å². The van der Waals surface area contributed by atoms with Crippen LogP contribution in [0.1, 0.15) is 80.1 Å². The van der Waals surface area contributed by atoms with Crippen LogP contribution >= 0.6 is 0 Å². The molecule has 0 N–H and O–H groups in total. The molecule has 0 fully saturated rings. The Hall–Kier alpha value is -3.47. The highest BCUT2D eigenvalue weighted by atomic mass is 16.5. The third-order valence-corrected chi connectivity index (χ3v) is 6.41. The van der Waals surface area contributed by atoms with E-state index in [4.69, 9.17) is 18.9 Å². The van der Waals surface area contributed by atoms with Crippen LogP contribution < -0.4 is 14.2 Å². The Bertz CT molecular complexity index is 1040. The predicted octanol–water partition coefficient (Wildman–Crippen LogP) is 8.41. The number of hydrogen-bond acceptors (Lipinski definition) is 5. The van der Waals surface area contributed by atoms with Crippen LogP contribution in [0.4, 0.5) is 0 Å². The largest absolute Gasteiger partial charge is 0.494 e. The van der Waals surface area contributed by atoms with Crippen LogP contribution in [0.5, 0.6) is 17.2 Å². The van der Waals surface area contributed by atoms with Crippen LogP contribution in [0, 0.1) is 0 Å². The molecule has 0 aliphatic carbocycles. The molecule has 0 atom stereocenters. The van der Waals surface area contributed by atoms with Crippen LogP contribution in [0.3, 0.4) is 0 Å². The summed E-state index contributed by atoms with van der Waals surface area (Å²) in [5.41, 5.74) is 1.41. The minimum Gasteiger partial charge on any atom is -0.494 e. The van der Waals surface area contributed by atoms with E-state index in [1.54, 1.807) is 12.1 Å². The molecule has 0 amide bonds. The maximum atomic E-state index is 12.3. The monoisotopic (exact) mass is 518 g/mol. The second-order valence-corrected chi connectivity index (χ2v) is 9.47. The first-order chi connectivity index (χ1) is 18.8. The molecule has 0 saturated carbocycles. The number of esters is 1. The average molecular weight is 519 g/mol. The molecular weight excluding hydrogens is 476 g/mol. The summed E-state index contributed by atoms with van der Waals surface area (Å²) in [6, 6.07) is 25.2. The molecule has 0 aromatic heterocycles. The number of unbranched alkanes of at least 4 members (excludes halogenated alkanes) is 9. The van der Waals surface area contributed by atoms with E-state index >= 15 is 0 Å². The number of carbonyl (C=O) groups is 1. The topological polar surface area (TPSA) is 54.0 Å². The Kier molecular flexibility index (Phi) is 13.7. The molecule has 0 aliphatic heterocycles. The first kappa shape index (κ1) is 29.1. The molecule has 0 spiro atoms.